The molecule has 3 aromatic rings. The van der Waals surface area contributed by atoms with Crippen LogP contribution in [0.25, 0.3) is 22.2 Å². The highest BCUT2D eigenvalue weighted by atomic mass is 16.2. The predicted octanol–water partition coefficient (Wildman–Crippen LogP) is 2.30. The van der Waals surface area contributed by atoms with Gasteiger partial charge in [0.15, 0.2) is 0 Å². The molecule has 2 aliphatic rings. The van der Waals surface area contributed by atoms with E-state index in [9.17, 15) is 14.4 Å². The van der Waals surface area contributed by atoms with E-state index in [1.165, 1.54) is 0 Å². The lowest BCUT2D eigenvalue weighted by Crippen LogP contribution is -2.52. The number of hydrogen-bond acceptors (Lipinski definition) is 4. The highest BCUT2D eigenvalue weighted by Crippen LogP contribution is 2.32. The number of carbonyl (C=O) groups excluding carboxylic acids is 3. The highest BCUT2D eigenvalue weighted by Gasteiger charge is 2.39. The zero-order valence-electron chi connectivity index (χ0n) is 15.3. The Balaban J connectivity index is 1.46. The van der Waals surface area contributed by atoms with Crippen molar-refractivity contribution in [3.8, 4) is 11.1 Å². The van der Waals surface area contributed by atoms with Crippen LogP contribution in [-0.2, 0) is 16.1 Å². The maximum Gasteiger partial charge on any atom is 0.255 e. The van der Waals surface area contributed by atoms with Crippen molar-refractivity contribution in [1.82, 2.24) is 20.2 Å². The standard InChI is InChI=1S/C21H18N4O3/c1-11-8-22-16-7-13(9-23-19(11)16)12-2-3-15-14(6-12)10-25(21(15)28)17-4-5-18(26)24-20(17)27/h2-3,6-9,17,22H,4-5,10H2,1H3,(H,24,26,27). The van der Waals surface area contributed by atoms with Crippen LogP contribution in [0.4, 0.5) is 0 Å². The Labute approximate surface area is 160 Å². The summed E-state index contributed by atoms with van der Waals surface area (Å²) in [5.74, 6) is -0.839. The van der Waals surface area contributed by atoms with Crippen molar-refractivity contribution < 1.29 is 14.4 Å². The molecule has 2 aliphatic heterocycles. The molecule has 0 aliphatic carbocycles. The maximum atomic E-state index is 12.8. The van der Waals surface area contributed by atoms with E-state index in [-0.39, 0.29) is 18.2 Å². The van der Waals surface area contributed by atoms with Crippen LogP contribution < -0.4 is 5.32 Å². The molecule has 5 rings (SSSR count). The number of aromatic nitrogens is 2. The molecule has 1 atom stereocenters. The van der Waals surface area contributed by atoms with E-state index in [0.717, 1.165) is 33.3 Å². The van der Waals surface area contributed by atoms with Gasteiger partial charge in [-0.15, -0.1) is 0 Å². The Morgan fingerprint density at radius 1 is 1.14 bits per heavy atom. The van der Waals surface area contributed by atoms with E-state index in [2.05, 4.69) is 15.3 Å². The van der Waals surface area contributed by atoms with E-state index < -0.39 is 11.9 Å². The number of amides is 3. The van der Waals surface area contributed by atoms with Gasteiger partial charge in [-0.25, -0.2) is 0 Å². The third kappa shape index (κ3) is 2.51. The zero-order chi connectivity index (χ0) is 19.4. The molecule has 0 spiro atoms. The minimum atomic E-state index is -0.596. The number of nitrogens with one attached hydrogen (secondary N) is 2. The molecular weight excluding hydrogens is 356 g/mol. The number of aromatic amines is 1. The maximum absolute atomic E-state index is 12.8. The number of carbonyl (C=O) groups is 3. The van der Waals surface area contributed by atoms with Crippen molar-refractivity contribution in [3.05, 3.63) is 53.3 Å². The molecule has 2 N–H and O–H groups in total. The number of H-pyrrole nitrogens is 1. The molecule has 1 aromatic carbocycles. The number of imide groups is 1. The van der Waals surface area contributed by atoms with Gasteiger partial charge in [-0.2, -0.15) is 0 Å². The molecule has 1 saturated heterocycles. The first-order valence-corrected chi connectivity index (χ1v) is 9.23. The van der Waals surface area contributed by atoms with E-state index >= 15 is 0 Å². The molecular formula is C21H18N4O3. The van der Waals surface area contributed by atoms with Gasteiger partial charge in [-0.1, -0.05) is 6.07 Å². The van der Waals surface area contributed by atoms with Gasteiger partial charge < -0.3 is 9.88 Å². The van der Waals surface area contributed by atoms with E-state index in [0.29, 0.717) is 18.5 Å². The smallest absolute Gasteiger partial charge is 0.255 e. The number of fused-ring (bicyclic) bond motifs is 2. The largest absolute Gasteiger partial charge is 0.360 e. The fourth-order valence-electron chi connectivity index (χ4n) is 4.06. The molecule has 0 saturated carbocycles. The Morgan fingerprint density at radius 3 is 2.82 bits per heavy atom. The molecule has 4 heterocycles. The molecule has 3 amide bonds. The second-order valence-electron chi connectivity index (χ2n) is 7.36. The summed E-state index contributed by atoms with van der Waals surface area (Å²) in [6.07, 6.45) is 4.38. The number of benzene rings is 1. The minimum absolute atomic E-state index is 0.162. The van der Waals surface area contributed by atoms with Gasteiger partial charge in [0.1, 0.15) is 6.04 Å². The Kier molecular flexibility index (Phi) is 3.58. The second-order valence-corrected chi connectivity index (χ2v) is 7.36. The summed E-state index contributed by atoms with van der Waals surface area (Å²) in [7, 11) is 0. The van der Waals surface area contributed by atoms with Crippen molar-refractivity contribution in [3.63, 3.8) is 0 Å². The number of nitrogens with zero attached hydrogens (tertiary/aromatic N) is 2. The van der Waals surface area contributed by atoms with Crippen molar-refractivity contribution >= 4 is 28.8 Å². The van der Waals surface area contributed by atoms with Crippen LogP contribution in [-0.4, -0.2) is 38.6 Å². The molecule has 0 bridgehead atoms. The average molecular weight is 374 g/mol. The molecule has 0 radical (unpaired) electrons. The Morgan fingerprint density at radius 2 is 2.00 bits per heavy atom. The van der Waals surface area contributed by atoms with E-state index in [4.69, 9.17) is 0 Å². The lowest BCUT2D eigenvalue weighted by molar-refractivity contribution is -0.136. The van der Waals surface area contributed by atoms with Gasteiger partial charge in [0, 0.05) is 36.5 Å². The first-order valence-electron chi connectivity index (χ1n) is 9.23. The third-order valence-electron chi connectivity index (χ3n) is 5.56. The van der Waals surface area contributed by atoms with Crippen LogP contribution in [0, 0.1) is 6.92 Å². The zero-order valence-corrected chi connectivity index (χ0v) is 15.3. The van der Waals surface area contributed by atoms with Crippen LogP contribution in [0.5, 0.6) is 0 Å². The van der Waals surface area contributed by atoms with Crippen molar-refractivity contribution in [2.45, 2.75) is 32.4 Å². The summed E-state index contributed by atoms with van der Waals surface area (Å²) in [6.45, 7) is 2.38. The van der Waals surface area contributed by atoms with Gasteiger partial charge in [0.2, 0.25) is 11.8 Å². The fourth-order valence-corrected chi connectivity index (χ4v) is 4.06. The molecule has 140 valence electrons. The normalized spacial score (nSPS) is 19.2. The lowest BCUT2D eigenvalue weighted by Gasteiger charge is -2.29. The Bertz CT molecular complexity index is 1160. The topological polar surface area (TPSA) is 95.2 Å². The first-order chi connectivity index (χ1) is 13.5. The third-order valence-corrected chi connectivity index (χ3v) is 5.56. The minimum Gasteiger partial charge on any atom is -0.360 e. The molecule has 1 unspecified atom stereocenters. The number of aryl methyl sites for hydroxylation is 1. The second kappa shape index (κ2) is 6.02. The van der Waals surface area contributed by atoms with Crippen molar-refractivity contribution in [1.29, 1.82) is 0 Å². The first kappa shape index (κ1) is 16.7. The van der Waals surface area contributed by atoms with Gasteiger partial charge in [-0.3, -0.25) is 24.7 Å². The quantitative estimate of drug-likeness (QED) is 0.673. The lowest BCUT2D eigenvalue weighted by atomic mass is 10.0. The van der Waals surface area contributed by atoms with Crippen molar-refractivity contribution in [2.75, 3.05) is 0 Å². The van der Waals surface area contributed by atoms with Crippen LogP contribution in [0.2, 0.25) is 0 Å². The molecule has 28 heavy (non-hydrogen) atoms. The molecule has 2 aromatic heterocycles. The summed E-state index contributed by atoms with van der Waals surface area (Å²) in [6, 6.07) is 7.15. The molecule has 1 fully saturated rings. The van der Waals surface area contributed by atoms with Gasteiger partial charge in [0.25, 0.3) is 5.91 Å². The van der Waals surface area contributed by atoms with E-state index in [1.807, 2.05) is 43.6 Å². The van der Waals surface area contributed by atoms with Gasteiger partial charge in [0.05, 0.1) is 11.0 Å². The van der Waals surface area contributed by atoms with E-state index in [1.54, 1.807) is 4.90 Å². The molecule has 7 nitrogen and oxygen atoms in total. The summed E-state index contributed by atoms with van der Waals surface area (Å²) >= 11 is 0. The predicted molar refractivity (Wildman–Crippen MR) is 102 cm³/mol. The monoisotopic (exact) mass is 374 g/mol. The van der Waals surface area contributed by atoms with Crippen LogP contribution >= 0.6 is 0 Å². The van der Waals surface area contributed by atoms with Crippen LogP contribution in [0.1, 0.15) is 34.3 Å². The number of hydrogen-bond donors (Lipinski definition) is 2. The van der Waals surface area contributed by atoms with Crippen LogP contribution in [0.15, 0.2) is 36.7 Å². The average Bonchev–Trinajstić information content (AvgIpc) is 3.21. The van der Waals surface area contributed by atoms with Gasteiger partial charge in [-0.05, 0) is 48.2 Å². The summed E-state index contributed by atoms with van der Waals surface area (Å²) in [4.78, 5) is 45.7. The SMILES string of the molecule is Cc1c[nH]c2cc(-c3ccc4c(c3)CN(C3CCC(=O)NC3=O)C4=O)cnc12. The number of rotatable bonds is 2. The summed E-state index contributed by atoms with van der Waals surface area (Å²) < 4.78 is 0. The number of piperidine rings is 1. The van der Waals surface area contributed by atoms with Crippen molar-refractivity contribution in [2.24, 2.45) is 0 Å². The van der Waals surface area contributed by atoms with Crippen LogP contribution in [0.3, 0.4) is 0 Å². The Hall–Kier alpha value is -3.48. The highest BCUT2D eigenvalue weighted by molar-refractivity contribution is 6.05. The fraction of sp³-hybridized carbons (Fsp3) is 0.238. The number of pyridine rings is 1. The summed E-state index contributed by atoms with van der Waals surface area (Å²) in [5, 5.41) is 2.33. The molecule has 7 heteroatoms. The van der Waals surface area contributed by atoms with Gasteiger partial charge >= 0.3 is 0 Å². The summed E-state index contributed by atoms with van der Waals surface area (Å²) in [5.41, 5.74) is 6.44.